The molecule has 5 nitrogen and oxygen atoms in total. The van der Waals surface area contributed by atoms with E-state index in [9.17, 15) is 0 Å². The van der Waals surface area contributed by atoms with Gasteiger partial charge in [-0.25, -0.2) is 9.97 Å². The Morgan fingerprint density at radius 1 is 1.19 bits per heavy atom. The molecule has 1 aliphatic heterocycles. The molecule has 0 aromatic carbocycles. The van der Waals surface area contributed by atoms with Crippen molar-refractivity contribution in [1.82, 2.24) is 14.9 Å². The fourth-order valence-corrected chi connectivity index (χ4v) is 2.75. The smallest absolute Gasteiger partial charge is 0.137 e. The van der Waals surface area contributed by atoms with E-state index in [-0.39, 0.29) is 5.54 Å². The van der Waals surface area contributed by atoms with Crippen molar-refractivity contribution in [2.75, 3.05) is 43.9 Å². The summed E-state index contributed by atoms with van der Waals surface area (Å²) in [7, 11) is 4.12. The Bertz CT molecular complexity index is 510. The molecule has 118 valence electrons. The van der Waals surface area contributed by atoms with Gasteiger partial charge in [0.25, 0.3) is 0 Å². The maximum Gasteiger partial charge on any atom is 0.137 e. The van der Waals surface area contributed by atoms with Gasteiger partial charge in [-0.3, -0.25) is 4.90 Å². The van der Waals surface area contributed by atoms with Gasteiger partial charge in [-0.15, -0.1) is 0 Å². The minimum absolute atomic E-state index is 0.160. The van der Waals surface area contributed by atoms with Crippen molar-refractivity contribution in [1.29, 1.82) is 0 Å². The van der Waals surface area contributed by atoms with Crippen LogP contribution in [0.5, 0.6) is 0 Å². The minimum Gasteiger partial charge on any atom is -0.373 e. The maximum atomic E-state index is 4.85. The van der Waals surface area contributed by atoms with Crippen LogP contribution in [-0.4, -0.2) is 54.1 Å². The Morgan fingerprint density at radius 2 is 1.86 bits per heavy atom. The number of aromatic nitrogens is 2. The molecule has 2 heterocycles. The van der Waals surface area contributed by atoms with Crippen LogP contribution in [0, 0.1) is 6.92 Å². The van der Waals surface area contributed by atoms with E-state index in [0.717, 1.165) is 42.7 Å². The number of likely N-dealkylation sites (N-methyl/N-ethyl adjacent to an activating group) is 1. The topological polar surface area (TPSA) is 44.3 Å². The third-order valence-electron chi connectivity index (χ3n) is 4.51. The number of piperazine rings is 1. The molecule has 0 radical (unpaired) electrons. The molecule has 21 heavy (non-hydrogen) atoms. The van der Waals surface area contributed by atoms with Crippen LogP contribution in [0.1, 0.15) is 45.0 Å². The average Bonchev–Trinajstić information content (AvgIpc) is 2.42. The Hall–Kier alpha value is -1.36. The highest BCUT2D eigenvalue weighted by molar-refractivity contribution is 5.59. The number of hydrogen-bond donors (Lipinski definition) is 1. The van der Waals surface area contributed by atoms with Gasteiger partial charge in [0.1, 0.15) is 17.5 Å². The summed E-state index contributed by atoms with van der Waals surface area (Å²) in [6.07, 6.45) is 0. The molecule has 0 aliphatic carbocycles. The van der Waals surface area contributed by atoms with Crippen molar-refractivity contribution in [3.63, 3.8) is 0 Å². The third kappa shape index (κ3) is 3.12. The number of rotatable bonds is 3. The first kappa shape index (κ1) is 16.0. The van der Waals surface area contributed by atoms with Crippen LogP contribution in [0.25, 0.3) is 0 Å². The predicted octanol–water partition coefficient (Wildman–Crippen LogP) is 2.48. The molecule has 0 atom stereocenters. The molecule has 1 fully saturated rings. The summed E-state index contributed by atoms with van der Waals surface area (Å²) in [5, 5.41) is 3.21. The van der Waals surface area contributed by atoms with Gasteiger partial charge in [0.2, 0.25) is 0 Å². The molecule has 0 amide bonds. The van der Waals surface area contributed by atoms with Crippen molar-refractivity contribution in [2.45, 2.75) is 46.1 Å². The number of nitrogens with zero attached hydrogens (tertiary/aromatic N) is 4. The first-order valence-corrected chi connectivity index (χ1v) is 7.78. The predicted molar refractivity (Wildman–Crippen MR) is 89.3 cm³/mol. The van der Waals surface area contributed by atoms with Crippen molar-refractivity contribution < 1.29 is 0 Å². The van der Waals surface area contributed by atoms with E-state index in [4.69, 9.17) is 4.98 Å². The zero-order valence-corrected chi connectivity index (χ0v) is 14.5. The van der Waals surface area contributed by atoms with Crippen LogP contribution >= 0.6 is 0 Å². The van der Waals surface area contributed by atoms with Crippen LogP contribution in [0.4, 0.5) is 11.6 Å². The molecule has 0 unspecified atom stereocenters. The maximum absolute atomic E-state index is 4.85. The van der Waals surface area contributed by atoms with Gasteiger partial charge >= 0.3 is 0 Å². The molecular formula is C16H29N5. The summed E-state index contributed by atoms with van der Waals surface area (Å²) in [6, 6.07) is 0. The monoisotopic (exact) mass is 291 g/mol. The second kappa shape index (κ2) is 5.79. The summed E-state index contributed by atoms with van der Waals surface area (Å²) in [6.45, 7) is 14.0. The van der Waals surface area contributed by atoms with E-state index in [0.29, 0.717) is 5.92 Å². The van der Waals surface area contributed by atoms with Crippen molar-refractivity contribution in [2.24, 2.45) is 0 Å². The van der Waals surface area contributed by atoms with Crippen molar-refractivity contribution in [3.8, 4) is 0 Å². The SMILES string of the molecule is CNc1nc(C(C)C)nc(N2CCN(C)C(C)(C)C2)c1C. The highest BCUT2D eigenvalue weighted by atomic mass is 15.3. The molecular weight excluding hydrogens is 262 g/mol. The molecule has 2 rings (SSSR count). The Kier molecular flexibility index (Phi) is 4.42. The molecule has 1 aromatic heterocycles. The standard InChI is InChI=1S/C16H29N5/c1-11(2)13-18-14(17-6)12(3)15(19-13)21-9-8-20(7)16(4,5)10-21/h11H,8-10H2,1-7H3,(H,17,18,19). The molecule has 5 heteroatoms. The quantitative estimate of drug-likeness (QED) is 0.927. The summed E-state index contributed by atoms with van der Waals surface area (Å²) < 4.78 is 0. The molecule has 1 aliphatic rings. The van der Waals surface area contributed by atoms with Crippen LogP contribution < -0.4 is 10.2 Å². The molecule has 0 saturated carbocycles. The number of anilines is 2. The van der Waals surface area contributed by atoms with Crippen LogP contribution in [0.3, 0.4) is 0 Å². The molecule has 1 aromatic rings. The molecule has 1 saturated heterocycles. The lowest BCUT2D eigenvalue weighted by Gasteiger charge is -2.46. The number of hydrogen-bond acceptors (Lipinski definition) is 5. The lowest BCUT2D eigenvalue weighted by Crippen LogP contribution is -2.58. The van der Waals surface area contributed by atoms with E-state index < -0.39 is 0 Å². The van der Waals surface area contributed by atoms with E-state index in [1.165, 1.54) is 0 Å². The Labute approximate surface area is 128 Å². The molecule has 1 N–H and O–H groups in total. The zero-order valence-electron chi connectivity index (χ0n) is 14.5. The lowest BCUT2D eigenvalue weighted by molar-refractivity contribution is 0.138. The summed E-state index contributed by atoms with van der Waals surface area (Å²) in [5.74, 6) is 3.27. The van der Waals surface area contributed by atoms with E-state index >= 15 is 0 Å². The highest BCUT2D eigenvalue weighted by Gasteiger charge is 2.32. The highest BCUT2D eigenvalue weighted by Crippen LogP contribution is 2.29. The van der Waals surface area contributed by atoms with Gasteiger partial charge in [-0.2, -0.15) is 0 Å². The van der Waals surface area contributed by atoms with Crippen LogP contribution in [0.2, 0.25) is 0 Å². The fourth-order valence-electron chi connectivity index (χ4n) is 2.75. The number of nitrogens with one attached hydrogen (secondary N) is 1. The van der Waals surface area contributed by atoms with E-state index in [1.54, 1.807) is 0 Å². The second-order valence-electron chi connectivity index (χ2n) is 6.94. The second-order valence-corrected chi connectivity index (χ2v) is 6.94. The Balaban J connectivity index is 2.41. The lowest BCUT2D eigenvalue weighted by atomic mass is 9.99. The van der Waals surface area contributed by atoms with Gasteiger partial charge in [-0.05, 0) is 27.8 Å². The van der Waals surface area contributed by atoms with Crippen molar-refractivity contribution in [3.05, 3.63) is 11.4 Å². The van der Waals surface area contributed by atoms with E-state index in [2.05, 4.69) is 61.8 Å². The van der Waals surface area contributed by atoms with Crippen LogP contribution in [0.15, 0.2) is 0 Å². The van der Waals surface area contributed by atoms with Gasteiger partial charge in [-0.1, -0.05) is 13.8 Å². The van der Waals surface area contributed by atoms with E-state index in [1.807, 2.05) is 7.05 Å². The first-order chi connectivity index (χ1) is 9.76. The zero-order chi connectivity index (χ0) is 15.8. The minimum atomic E-state index is 0.160. The van der Waals surface area contributed by atoms with Gasteiger partial charge < -0.3 is 10.2 Å². The van der Waals surface area contributed by atoms with Gasteiger partial charge in [0.15, 0.2) is 0 Å². The summed E-state index contributed by atoms with van der Waals surface area (Å²) in [4.78, 5) is 14.3. The first-order valence-electron chi connectivity index (χ1n) is 7.78. The third-order valence-corrected chi connectivity index (χ3v) is 4.51. The Morgan fingerprint density at radius 3 is 2.38 bits per heavy atom. The molecule has 0 bridgehead atoms. The van der Waals surface area contributed by atoms with Gasteiger partial charge in [0, 0.05) is 43.7 Å². The summed E-state index contributed by atoms with van der Waals surface area (Å²) in [5.41, 5.74) is 1.30. The molecule has 0 spiro atoms. The normalized spacial score (nSPS) is 19.1. The fraction of sp³-hybridized carbons (Fsp3) is 0.750. The average molecular weight is 291 g/mol. The van der Waals surface area contributed by atoms with Crippen molar-refractivity contribution >= 4 is 11.6 Å². The van der Waals surface area contributed by atoms with Gasteiger partial charge in [0.05, 0.1) is 0 Å². The largest absolute Gasteiger partial charge is 0.373 e. The van der Waals surface area contributed by atoms with Crippen LogP contribution in [-0.2, 0) is 0 Å². The summed E-state index contributed by atoms with van der Waals surface area (Å²) >= 11 is 0.